The molecular weight excluding hydrogens is 1790 g/mol. The number of aromatic amines is 4. The Morgan fingerprint density at radius 1 is 0.404 bits per heavy atom. The molecule has 0 aliphatic carbocycles. The highest BCUT2D eigenvalue weighted by molar-refractivity contribution is 7.89. The molecule has 0 saturated heterocycles. The van der Waals surface area contributed by atoms with Gasteiger partial charge < -0.3 is 41.2 Å². The van der Waals surface area contributed by atoms with Crippen LogP contribution in [0.15, 0.2) is 272 Å². The van der Waals surface area contributed by atoms with Crippen LogP contribution in [0.3, 0.4) is 0 Å². The van der Waals surface area contributed by atoms with Gasteiger partial charge in [0.15, 0.2) is 22.6 Å². The largest absolute Gasteiger partial charge is 0.344 e. The number of terminal acetylenes is 1. The number of anilines is 4. The van der Waals surface area contributed by atoms with E-state index in [1.54, 1.807) is 187 Å². The number of hydrogen-bond donors (Lipinski definition) is 8. The Balaban J connectivity index is 0.000000154. The maximum absolute atomic E-state index is 14.0. The quantitative estimate of drug-likeness (QED) is 0.0259. The van der Waals surface area contributed by atoms with Crippen LogP contribution < -0.4 is 21.3 Å². The Morgan fingerprint density at radius 2 is 0.691 bits per heavy atom. The summed E-state index contributed by atoms with van der Waals surface area (Å²) >= 11 is 0. The average Bonchev–Trinajstić information content (AvgIpc) is 1.52. The molecule has 0 aliphatic rings. The lowest BCUT2D eigenvalue weighted by Crippen LogP contribution is -2.42. The summed E-state index contributed by atoms with van der Waals surface area (Å²) in [6.45, 7) is 27.0. The standard InChI is InChI=1S/C28H29N5O3S.C26H27N5O3S.C26H25N5O3S.C22H16F2N4O/c1-6-7-14-25(34)31-21-12-8-11-20(15-21)24-18-30-27-26(32-24)23(17-29-27)19-10-9-13-22(16-19)37(35,36)33(5)28(2,3)4;2*1-6-23(32)29-19-11-7-10-18(13-19)22-16-28-25-24(30-22)21(15-27-25)17-9-8-12-20(14-17)35(33,34)31(5)26(2,3)4;1-3-20(29)27-15-6-4-5-13(7-15)19-11-26-22-21(28-19)17(10-25-22)16-8-14(23)9-18(24)12(16)2/h8-13,15-18H,6H2,1-5H3,(H,29,30)(H,31,34);6-16H,1H2,2-5H3,(H,27,28)(H,29,32);1,7-16H,2-5H3,(H,27,28)(H,29,32);3-11H,1H2,2H3,(H,25,26)(H,27,29). The van der Waals surface area contributed by atoms with Crippen LogP contribution in [-0.2, 0) is 49.2 Å². The maximum atomic E-state index is 14.0. The molecule has 16 aromatic rings. The van der Waals surface area contributed by atoms with Gasteiger partial charge in [-0.15, -0.1) is 6.42 Å². The Hall–Kier alpha value is -15.7. The van der Waals surface area contributed by atoms with Gasteiger partial charge in [-0.05, 0) is 212 Å². The first-order valence-electron chi connectivity index (χ1n) is 42.4. The van der Waals surface area contributed by atoms with Crippen LogP contribution in [-0.4, -0.2) is 159 Å². The summed E-state index contributed by atoms with van der Waals surface area (Å²) in [5.41, 5.74) is 16.2. The SMILES string of the molecule is C#CC(=O)Nc1cccc(-c2cnc3[nH]cc(-c4cccc(S(=O)(=O)N(C)C(C)(C)C)c4)c3n2)c1.C=CC(=O)Nc1cccc(-c2cnc3[nH]cc(-c4cc(F)cc(F)c4C)c3n2)c1.C=CC(=O)Nc1cccc(-c2cnc3[nH]cc(-c4cccc(S(=O)(=O)N(C)C(C)(C)C)c4)c3n2)c1.CCC#CC(=O)Nc1cccc(-c2cnc3[nH]cc(-c4cccc(S(=O)(=O)N(C)C(C)(C)C)c4)c3n2)c1. The first-order chi connectivity index (χ1) is 64.5. The van der Waals surface area contributed by atoms with Gasteiger partial charge in [0.05, 0.1) is 62.2 Å². The predicted octanol–water partition coefficient (Wildman–Crippen LogP) is 19.2. The lowest BCUT2D eigenvalue weighted by Gasteiger charge is -2.31. The molecular formula is C102H97F2N19O10S3. The third-order valence-corrected chi connectivity index (χ3v) is 28.3. The second-order valence-corrected chi connectivity index (χ2v) is 40.0. The van der Waals surface area contributed by atoms with Crippen molar-refractivity contribution in [1.82, 2.24) is 72.7 Å². The number of aromatic nitrogens is 12. The van der Waals surface area contributed by atoms with E-state index in [-0.39, 0.29) is 32.4 Å². The molecule has 692 valence electrons. The summed E-state index contributed by atoms with van der Waals surface area (Å²) in [5.74, 6) is 4.50. The first kappa shape index (κ1) is 97.8. The van der Waals surface area contributed by atoms with Crippen LogP contribution in [0.1, 0.15) is 81.2 Å². The summed E-state index contributed by atoms with van der Waals surface area (Å²) in [7, 11) is -6.33. The van der Waals surface area contributed by atoms with Crippen LogP contribution in [0.25, 0.3) is 134 Å². The molecule has 16 rings (SSSR count). The Morgan fingerprint density at radius 3 is 0.993 bits per heavy atom. The van der Waals surface area contributed by atoms with Crippen molar-refractivity contribution in [2.45, 2.75) is 114 Å². The van der Waals surface area contributed by atoms with Crippen molar-refractivity contribution in [3.8, 4) is 114 Å². The number of hydrogen-bond acceptors (Lipinski definition) is 18. The Bertz CT molecular complexity index is 7850. The fourth-order valence-electron chi connectivity index (χ4n) is 13.9. The number of halogens is 2. The maximum Gasteiger partial charge on any atom is 0.300 e. The average molecular weight is 1880 g/mol. The molecule has 0 bridgehead atoms. The number of H-pyrrole nitrogens is 4. The highest BCUT2D eigenvalue weighted by atomic mass is 32.2. The van der Waals surface area contributed by atoms with Crippen molar-refractivity contribution in [2.75, 3.05) is 42.4 Å². The van der Waals surface area contributed by atoms with E-state index in [1.807, 2.05) is 136 Å². The van der Waals surface area contributed by atoms with Crippen molar-refractivity contribution >= 4 is 121 Å². The van der Waals surface area contributed by atoms with Crippen molar-refractivity contribution < 1.29 is 53.2 Å². The van der Waals surface area contributed by atoms with Crippen LogP contribution in [0, 0.1) is 42.7 Å². The van der Waals surface area contributed by atoms with E-state index in [4.69, 9.17) is 21.4 Å². The number of sulfonamides is 3. The highest BCUT2D eigenvalue weighted by Gasteiger charge is 2.34. The molecule has 0 saturated carbocycles. The third kappa shape index (κ3) is 22.3. The minimum atomic E-state index is -3.69. The smallest absolute Gasteiger partial charge is 0.300 e. The summed E-state index contributed by atoms with van der Waals surface area (Å²) in [6, 6.07) is 51.4. The topological polar surface area (TPSA) is 395 Å². The van der Waals surface area contributed by atoms with Crippen molar-refractivity contribution in [3.63, 3.8) is 0 Å². The molecule has 29 nitrogen and oxygen atoms in total. The van der Waals surface area contributed by atoms with Gasteiger partial charge in [-0.2, -0.15) is 12.9 Å². The summed E-state index contributed by atoms with van der Waals surface area (Å²) < 4.78 is 111. The van der Waals surface area contributed by atoms with E-state index in [9.17, 15) is 53.2 Å². The molecule has 34 heteroatoms. The lowest BCUT2D eigenvalue weighted by molar-refractivity contribution is -0.112. The summed E-state index contributed by atoms with van der Waals surface area (Å²) in [5, 5.41) is 10.8. The fourth-order valence-corrected chi connectivity index (χ4v) is 18.5. The van der Waals surface area contributed by atoms with E-state index >= 15 is 0 Å². The van der Waals surface area contributed by atoms with Crippen LogP contribution in [0.2, 0.25) is 0 Å². The number of carbonyl (C=O) groups is 4. The van der Waals surface area contributed by atoms with Gasteiger partial charge in [0.2, 0.25) is 41.9 Å². The number of benzene rings is 8. The predicted molar refractivity (Wildman–Crippen MR) is 530 cm³/mol. The molecule has 4 amide bonds. The monoisotopic (exact) mass is 1880 g/mol. The van der Waals surface area contributed by atoms with E-state index < -0.39 is 64.2 Å². The Labute approximate surface area is 786 Å². The van der Waals surface area contributed by atoms with E-state index in [0.717, 1.165) is 45.0 Å². The number of nitrogens with zero attached hydrogens (tertiary/aromatic N) is 11. The molecule has 8 heterocycles. The lowest BCUT2D eigenvalue weighted by atomic mass is 10.0. The van der Waals surface area contributed by atoms with Crippen LogP contribution >= 0.6 is 0 Å². The number of carbonyl (C=O) groups excluding carboxylic acids is 4. The van der Waals surface area contributed by atoms with Crippen molar-refractivity contribution in [3.05, 3.63) is 274 Å². The van der Waals surface area contributed by atoms with Gasteiger partial charge in [0.25, 0.3) is 11.8 Å². The zero-order chi connectivity index (χ0) is 98.1. The van der Waals surface area contributed by atoms with Crippen molar-refractivity contribution in [1.29, 1.82) is 0 Å². The molecule has 8 aromatic carbocycles. The minimum Gasteiger partial charge on any atom is -0.344 e. The molecule has 0 atom stereocenters. The van der Waals surface area contributed by atoms with Crippen LogP contribution in [0.5, 0.6) is 0 Å². The molecule has 136 heavy (non-hydrogen) atoms. The van der Waals surface area contributed by atoms with Gasteiger partial charge >= 0.3 is 0 Å². The molecule has 8 aromatic heterocycles. The molecule has 0 fully saturated rings. The van der Waals surface area contributed by atoms with Gasteiger partial charge in [-0.1, -0.05) is 111 Å². The molecule has 0 unspecified atom stereocenters. The highest BCUT2D eigenvalue weighted by Crippen LogP contribution is 2.39. The number of fused-ring (bicyclic) bond motifs is 4. The third-order valence-electron chi connectivity index (χ3n) is 21.9. The second-order valence-electron chi connectivity index (χ2n) is 34.1. The number of nitrogens with one attached hydrogen (secondary N) is 8. The van der Waals surface area contributed by atoms with Crippen molar-refractivity contribution in [2.24, 2.45) is 0 Å². The van der Waals surface area contributed by atoms with Gasteiger partial charge in [-0.3, -0.25) is 19.2 Å². The molecule has 8 N–H and O–H groups in total. The van der Waals surface area contributed by atoms with Gasteiger partial charge in [0, 0.05) is 142 Å². The zero-order valence-electron chi connectivity index (χ0n) is 76.8. The minimum absolute atomic E-state index is 0.197. The number of amides is 4. The Kier molecular flexibility index (Phi) is 29.1. The van der Waals surface area contributed by atoms with E-state index in [1.165, 1.54) is 31.1 Å². The first-order valence-corrected chi connectivity index (χ1v) is 46.8. The fraction of sp³-hybridized carbons (Fsp3) is 0.176. The van der Waals surface area contributed by atoms with E-state index in [0.29, 0.717) is 130 Å². The summed E-state index contributed by atoms with van der Waals surface area (Å²) in [6.07, 6.45) is 21.6. The van der Waals surface area contributed by atoms with Gasteiger partial charge in [0.1, 0.15) is 33.7 Å². The molecule has 0 aliphatic heterocycles. The normalized spacial score (nSPS) is 11.8. The van der Waals surface area contributed by atoms with Gasteiger partial charge in [-0.25, -0.2) is 73.9 Å². The summed E-state index contributed by atoms with van der Waals surface area (Å²) in [4.78, 5) is 96.6. The second kappa shape index (κ2) is 40.4. The zero-order valence-corrected chi connectivity index (χ0v) is 79.2. The van der Waals surface area contributed by atoms with Crippen LogP contribution in [0.4, 0.5) is 31.5 Å². The molecule has 0 spiro atoms. The van der Waals surface area contributed by atoms with E-state index in [2.05, 4.69) is 91.1 Å². The number of rotatable bonds is 20. The molecule has 0 radical (unpaired) electrons.